The van der Waals surface area contributed by atoms with Crippen molar-refractivity contribution in [1.82, 2.24) is 10.0 Å². The van der Waals surface area contributed by atoms with Crippen LogP contribution < -0.4 is 10.0 Å². The van der Waals surface area contributed by atoms with Crippen molar-refractivity contribution in [3.05, 3.63) is 0 Å². The summed E-state index contributed by atoms with van der Waals surface area (Å²) in [5.74, 6) is 0.454. The zero-order chi connectivity index (χ0) is 12.9. The monoisotopic (exact) mass is 262 g/mol. The van der Waals surface area contributed by atoms with Crippen LogP contribution in [0.25, 0.3) is 0 Å². The van der Waals surface area contributed by atoms with Crippen molar-refractivity contribution in [2.75, 3.05) is 12.8 Å². The number of carbonyl (C=O) groups excluding carboxylic acids is 1. The third-order valence-corrected chi connectivity index (χ3v) is 3.90. The molecule has 100 valence electrons. The van der Waals surface area contributed by atoms with Crippen molar-refractivity contribution in [2.45, 2.75) is 45.1 Å². The minimum atomic E-state index is -3.19. The SMILES string of the molecule is CC1CCCCC1NC(=O)CCNS(C)(=O)=O. The lowest BCUT2D eigenvalue weighted by Gasteiger charge is -2.29. The molecule has 0 aromatic rings. The maximum absolute atomic E-state index is 11.6. The Labute approximate surface area is 103 Å². The van der Waals surface area contributed by atoms with Crippen molar-refractivity contribution in [3.8, 4) is 0 Å². The Morgan fingerprint density at radius 1 is 1.29 bits per heavy atom. The molecule has 2 N–H and O–H groups in total. The van der Waals surface area contributed by atoms with Gasteiger partial charge in [0, 0.05) is 19.0 Å². The van der Waals surface area contributed by atoms with Gasteiger partial charge in [-0.3, -0.25) is 4.79 Å². The lowest BCUT2D eigenvalue weighted by atomic mass is 9.86. The summed E-state index contributed by atoms with van der Waals surface area (Å²) in [7, 11) is -3.19. The first kappa shape index (κ1) is 14.4. The molecule has 0 aliphatic heterocycles. The molecule has 1 aliphatic carbocycles. The average Bonchev–Trinajstić information content (AvgIpc) is 2.19. The Balaban J connectivity index is 2.24. The van der Waals surface area contributed by atoms with Gasteiger partial charge in [-0.2, -0.15) is 0 Å². The summed E-state index contributed by atoms with van der Waals surface area (Å²) >= 11 is 0. The standard InChI is InChI=1S/C11H22N2O3S/c1-9-5-3-4-6-10(9)13-11(14)7-8-12-17(2,15)16/h9-10,12H,3-8H2,1-2H3,(H,13,14). The van der Waals surface area contributed by atoms with Crippen molar-refractivity contribution >= 4 is 15.9 Å². The van der Waals surface area contributed by atoms with E-state index >= 15 is 0 Å². The molecule has 0 aromatic carbocycles. The molecule has 1 fully saturated rings. The summed E-state index contributed by atoms with van der Waals surface area (Å²) in [6.45, 7) is 2.32. The molecule has 0 bridgehead atoms. The van der Waals surface area contributed by atoms with Gasteiger partial charge in [0.1, 0.15) is 0 Å². The first-order valence-electron chi connectivity index (χ1n) is 6.12. The number of sulfonamides is 1. The van der Waals surface area contributed by atoms with Gasteiger partial charge in [-0.1, -0.05) is 19.8 Å². The van der Waals surface area contributed by atoms with Crippen molar-refractivity contribution < 1.29 is 13.2 Å². The highest BCUT2D eigenvalue weighted by atomic mass is 32.2. The summed E-state index contributed by atoms with van der Waals surface area (Å²) in [5, 5.41) is 2.98. The molecule has 0 heterocycles. The second kappa shape index (κ2) is 6.35. The van der Waals surface area contributed by atoms with Crippen LogP contribution in [0, 0.1) is 5.92 Å². The highest BCUT2D eigenvalue weighted by Gasteiger charge is 2.22. The molecule has 1 aliphatic rings. The molecule has 6 heteroatoms. The number of hydrogen-bond donors (Lipinski definition) is 2. The first-order chi connectivity index (χ1) is 7.88. The predicted octanol–water partition coefficient (Wildman–Crippen LogP) is 0.621. The Morgan fingerprint density at radius 2 is 1.94 bits per heavy atom. The summed E-state index contributed by atoms with van der Waals surface area (Å²) < 4.78 is 23.9. The summed E-state index contributed by atoms with van der Waals surface area (Å²) in [5.41, 5.74) is 0. The number of nitrogens with one attached hydrogen (secondary N) is 2. The summed E-state index contributed by atoms with van der Waals surface area (Å²) in [6, 6.07) is 0.259. The van der Waals surface area contributed by atoms with Gasteiger partial charge in [0.15, 0.2) is 0 Å². The van der Waals surface area contributed by atoms with E-state index in [1.165, 1.54) is 6.42 Å². The predicted molar refractivity (Wildman–Crippen MR) is 67.0 cm³/mol. The molecule has 1 rings (SSSR count). The van der Waals surface area contributed by atoms with Crippen LogP contribution in [0.5, 0.6) is 0 Å². The second-order valence-corrected chi connectivity index (χ2v) is 6.69. The number of rotatable bonds is 5. The first-order valence-corrected chi connectivity index (χ1v) is 8.01. The zero-order valence-electron chi connectivity index (χ0n) is 10.5. The van der Waals surface area contributed by atoms with E-state index in [0.717, 1.165) is 25.5 Å². The van der Waals surface area contributed by atoms with Gasteiger partial charge < -0.3 is 5.32 Å². The van der Waals surface area contributed by atoms with E-state index in [0.29, 0.717) is 5.92 Å². The van der Waals surface area contributed by atoms with E-state index in [-0.39, 0.29) is 24.9 Å². The fourth-order valence-electron chi connectivity index (χ4n) is 2.16. The Hall–Kier alpha value is -0.620. The molecule has 2 atom stereocenters. The van der Waals surface area contributed by atoms with Crippen LogP contribution in [0.3, 0.4) is 0 Å². The fraction of sp³-hybridized carbons (Fsp3) is 0.909. The van der Waals surface area contributed by atoms with Crippen molar-refractivity contribution in [1.29, 1.82) is 0 Å². The van der Waals surface area contributed by atoms with Gasteiger partial charge in [0.2, 0.25) is 15.9 Å². The quantitative estimate of drug-likeness (QED) is 0.762. The lowest BCUT2D eigenvalue weighted by Crippen LogP contribution is -2.42. The number of carbonyl (C=O) groups is 1. The van der Waals surface area contributed by atoms with Crippen LogP contribution in [-0.4, -0.2) is 33.2 Å². The third-order valence-electron chi connectivity index (χ3n) is 3.17. The molecule has 2 unspecified atom stereocenters. The maximum atomic E-state index is 11.6. The smallest absolute Gasteiger partial charge is 0.221 e. The average molecular weight is 262 g/mol. The van der Waals surface area contributed by atoms with Crippen LogP contribution in [0.2, 0.25) is 0 Å². The van der Waals surface area contributed by atoms with Gasteiger partial charge >= 0.3 is 0 Å². The zero-order valence-corrected chi connectivity index (χ0v) is 11.3. The normalized spacial score (nSPS) is 25.5. The maximum Gasteiger partial charge on any atom is 0.221 e. The Morgan fingerprint density at radius 3 is 2.53 bits per heavy atom. The number of hydrogen-bond acceptors (Lipinski definition) is 3. The van der Waals surface area contributed by atoms with E-state index in [9.17, 15) is 13.2 Å². The van der Waals surface area contributed by atoms with Crippen LogP contribution >= 0.6 is 0 Å². The van der Waals surface area contributed by atoms with E-state index in [1.54, 1.807) is 0 Å². The minimum Gasteiger partial charge on any atom is -0.353 e. The summed E-state index contributed by atoms with van der Waals surface area (Å²) in [4.78, 5) is 11.6. The Bertz CT molecular complexity index is 354. The molecule has 0 saturated heterocycles. The van der Waals surface area contributed by atoms with Gasteiger partial charge in [-0.05, 0) is 18.8 Å². The molecule has 1 saturated carbocycles. The molecule has 5 nitrogen and oxygen atoms in total. The van der Waals surface area contributed by atoms with E-state index < -0.39 is 10.0 Å². The molecule has 0 spiro atoms. The highest BCUT2D eigenvalue weighted by Crippen LogP contribution is 2.23. The number of amides is 1. The molecular formula is C11H22N2O3S. The van der Waals surface area contributed by atoms with E-state index in [4.69, 9.17) is 0 Å². The summed E-state index contributed by atoms with van der Waals surface area (Å²) in [6.07, 6.45) is 5.89. The van der Waals surface area contributed by atoms with Crippen LogP contribution in [0.1, 0.15) is 39.0 Å². The molecule has 17 heavy (non-hydrogen) atoms. The Kier molecular flexibility index (Phi) is 5.39. The van der Waals surface area contributed by atoms with Crippen LogP contribution in [0.4, 0.5) is 0 Å². The topological polar surface area (TPSA) is 75.3 Å². The highest BCUT2D eigenvalue weighted by molar-refractivity contribution is 7.88. The van der Waals surface area contributed by atoms with E-state index in [1.807, 2.05) is 0 Å². The van der Waals surface area contributed by atoms with Gasteiger partial charge in [0.05, 0.1) is 6.26 Å². The van der Waals surface area contributed by atoms with Gasteiger partial charge in [-0.25, -0.2) is 13.1 Å². The molecule has 1 amide bonds. The molecule has 0 radical (unpaired) electrons. The molecular weight excluding hydrogens is 240 g/mol. The van der Waals surface area contributed by atoms with E-state index in [2.05, 4.69) is 17.0 Å². The van der Waals surface area contributed by atoms with Crippen LogP contribution in [0.15, 0.2) is 0 Å². The lowest BCUT2D eigenvalue weighted by molar-refractivity contribution is -0.122. The van der Waals surface area contributed by atoms with Gasteiger partial charge in [0.25, 0.3) is 0 Å². The van der Waals surface area contributed by atoms with Gasteiger partial charge in [-0.15, -0.1) is 0 Å². The fourth-order valence-corrected chi connectivity index (χ4v) is 2.63. The largest absolute Gasteiger partial charge is 0.353 e. The second-order valence-electron chi connectivity index (χ2n) is 4.85. The van der Waals surface area contributed by atoms with Crippen molar-refractivity contribution in [2.24, 2.45) is 5.92 Å². The van der Waals surface area contributed by atoms with Crippen LogP contribution in [-0.2, 0) is 14.8 Å². The molecule has 0 aromatic heterocycles. The third kappa shape index (κ3) is 6.02. The van der Waals surface area contributed by atoms with Crippen molar-refractivity contribution in [3.63, 3.8) is 0 Å². The minimum absolute atomic E-state index is 0.0695.